The summed E-state index contributed by atoms with van der Waals surface area (Å²) in [7, 11) is 1.23. The molecule has 14 nitrogen and oxygen atoms in total. The van der Waals surface area contributed by atoms with Crippen molar-refractivity contribution in [3.05, 3.63) is 24.5 Å². The Balaban J connectivity index is 1.94. The monoisotopic (exact) mass is 558 g/mol. The van der Waals surface area contributed by atoms with Crippen molar-refractivity contribution in [3.63, 3.8) is 0 Å². The summed E-state index contributed by atoms with van der Waals surface area (Å²) in [4.78, 5) is 48.2. The zero-order valence-corrected chi connectivity index (χ0v) is 22.1. The van der Waals surface area contributed by atoms with Crippen LogP contribution in [0.15, 0.2) is 24.5 Å². The largest absolute Gasteiger partial charge is 0.471 e. The third-order valence-corrected chi connectivity index (χ3v) is 6.28. The molecule has 39 heavy (non-hydrogen) atoms. The Kier molecular flexibility index (Phi) is 10.8. The van der Waals surface area contributed by atoms with Gasteiger partial charge in [-0.15, -0.1) is 6.58 Å². The van der Waals surface area contributed by atoms with E-state index in [9.17, 15) is 24.3 Å². The van der Waals surface area contributed by atoms with Crippen LogP contribution < -0.4 is 0 Å². The van der Waals surface area contributed by atoms with Gasteiger partial charge in [0.05, 0.1) is 38.8 Å². The molecule has 8 atom stereocenters. The van der Waals surface area contributed by atoms with Crippen molar-refractivity contribution in [2.75, 3.05) is 26.9 Å². The molecule has 0 unspecified atom stereocenters. The molecule has 3 aliphatic heterocycles. The highest BCUT2D eigenvalue weighted by Gasteiger charge is 2.54. The van der Waals surface area contributed by atoms with E-state index >= 15 is 0 Å². The van der Waals surface area contributed by atoms with Gasteiger partial charge in [0, 0.05) is 39.0 Å². The molecule has 0 aromatic carbocycles. The van der Waals surface area contributed by atoms with Crippen LogP contribution in [0, 0.1) is 11.8 Å². The number of hydrogen-bond donors (Lipinski definition) is 1. The first-order valence-electron chi connectivity index (χ1n) is 12.3. The van der Waals surface area contributed by atoms with Gasteiger partial charge in [-0.2, -0.15) is 0 Å². The van der Waals surface area contributed by atoms with Crippen molar-refractivity contribution in [1.29, 1.82) is 0 Å². The zero-order valence-electron chi connectivity index (χ0n) is 22.1. The Morgan fingerprint density at radius 3 is 2.10 bits per heavy atom. The molecule has 1 N–H and O–H groups in total. The highest BCUT2D eigenvalue weighted by atomic mass is 16.8. The number of rotatable bonds is 10. The van der Waals surface area contributed by atoms with E-state index in [0.29, 0.717) is 13.2 Å². The van der Waals surface area contributed by atoms with E-state index in [2.05, 4.69) is 6.58 Å². The van der Waals surface area contributed by atoms with Gasteiger partial charge in [-0.1, -0.05) is 6.08 Å². The molecule has 218 valence electrons. The molecule has 0 radical (unpaired) electrons. The number of ether oxygens (including phenoxy) is 9. The van der Waals surface area contributed by atoms with Gasteiger partial charge in [-0.25, -0.2) is 4.79 Å². The van der Waals surface area contributed by atoms with Crippen LogP contribution in [0.3, 0.4) is 0 Å². The van der Waals surface area contributed by atoms with Gasteiger partial charge in [-0.3, -0.25) is 14.4 Å². The van der Waals surface area contributed by atoms with Gasteiger partial charge in [0.25, 0.3) is 0 Å². The minimum Gasteiger partial charge on any atom is -0.471 e. The molecule has 2 saturated heterocycles. The molecule has 3 rings (SSSR count). The third kappa shape index (κ3) is 7.54. The average Bonchev–Trinajstić information content (AvgIpc) is 3.39. The fourth-order valence-corrected chi connectivity index (χ4v) is 4.71. The van der Waals surface area contributed by atoms with E-state index in [4.69, 9.17) is 42.6 Å². The lowest BCUT2D eigenvalue weighted by Crippen LogP contribution is -2.63. The minimum atomic E-state index is -1.47. The second-order valence-electron chi connectivity index (χ2n) is 8.98. The van der Waals surface area contributed by atoms with Crippen molar-refractivity contribution in [1.82, 2.24) is 0 Å². The summed E-state index contributed by atoms with van der Waals surface area (Å²) in [6.07, 6.45) is -5.66. The van der Waals surface area contributed by atoms with E-state index in [-0.39, 0.29) is 12.0 Å². The fourth-order valence-electron chi connectivity index (χ4n) is 4.71. The van der Waals surface area contributed by atoms with Crippen molar-refractivity contribution < 1.29 is 66.9 Å². The Hall–Kier alpha value is -3.04. The number of hydrogen-bond acceptors (Lipinski definition) is 14. The van der Waals surface area contributed by atoms with Crippen LogP contribution in [-0.4, -0.2) is 99.2 Å². The maximum absolute atomic E-state index is 12.5. The second-order valence-corrected chi connectivity index (χ2v) is 8.98. The molecule has 14 heteroatoms. The van der Waals surface area contributed by atoms with Crippen LogP contribution in [0.1, 0.15) is 27.2 Å². The molecule has 0 aromatic heterocycles. The molecule has 2 fully saturated rings. The van der Waals surface area contributed by atoms with Gasteiger partial charge < -0.3 is 47.7 Å². The Morgan fingerprint density at radius 1 is 0.974 bits per heavy atom. The van der Waals surface area contributed by atoms with Gasteiger partial charge in [0.15, 0.2) is 24.6 Å². The summed E-state index contributed by atoms with van der Waals surface area (Å²) in [5.74, 6) is -4.20. The van der Waals surface area contributed by atoms with Gasteiger partial charge >= 0.3 is 23.9 Å². The predicted octanol–water partition coefficient (Wildman–Crippen LogP) is 0.110. The van der Waals surface area contributed by atoms with Crippen LogP contribution in [-0.2, 0) is 61.8 Å². The summed E-state index contributed by atoms with van der Waals surface area (Å²) in [6, 6.07) is 0. The lowest BCUT2D eigenvalue weighted by Gasteiger charge is -2.45. The maximum Gasteiger partial charge on any atom is 0.337 e. The van der Waals surface area contributed by atoms with Crippen LogP contribution in [0.4, 0.5) is 0 Å². The zero-order chi connectivity index (χ0) is 28.7. The normalized spacial score (nSPS) is 32.8. The molecule has 0 aromatic rings. The van der Waals surface area contributed by atoms with Gasteiger partial charge in [0.1, 0.15) is 6.10 Å². The lowest BCUT2D eigenvalue weighted by atomic mass is 9.81. The third-order valence-electron chi connectivity index (χ3n) is 6.28. The minimum absolute atomic E-state index is 0.198. The first-order chi connectivity index (χ1) is 18.6. The number of esters is 4. The quantitative estimate of drug-likeness (QED) is 0.217. The molecule has 3 heterocycles. The summed E-state index contributed by atoms with van der Waals surface area (Å²) in [5.41, 5.74) is 0.198. The van der Waals surface area contributed by atoms with E-state index in [1.807, 2.05) is 0 Å². The van der Waals surface area contributed by atoms with Crippen LogP contribution in [0.5, 0.6) is 0 Å². The summed E-state index contributed by atoms with van der Waals surface area (Å²) in [5, 5.41) is 9.98. The standard InChI is InChI=1S/C25H34O14/c1-6-15-16(9-19-32-7-8-33-19)17(23(30)31-5)11-34-24(15)39-25-22(37-14(4)29)21(36-13(3)28)20(35-12(2)27)18(10-26)38-25/h6,11,15-16,18-22,24-26H,1,7-10H2,2-5H3/t15-,16+,18-,20-,21+,22-,24+,25+/m1/s1. The van der Waals surface area contributed by atoms with Crippen LogP contribution in [0.25, 0.3) is 0 Å². The molecular formula is C25H34O14. The lowest BCUT2D eigenvalue weighted by molar-refractivity contribution is -0.342. The Bertz CT molecular complexity index is 941. The van der Waals surface area contributed by atoms with Gasteiger partial charge in [-0.05, 0) is 0 Å². The maximum atomic E-state index is 12.5. The average molecular weight is 559 g/mol. The van der Waals surface area contributed by atoms with Crippen LogP contribution in [0.2, 0.25) is 0 Å². The van der Waals surface area contributed by atoms with Crippen molar-refractivity contribution in [3.8, 4) is 0 Å². The first kappa shape index (κ1) is 30.5. The number of aliphatic hydroxyl groups is 1. The second kappa shape index (κ2) is 13.8. The number of carbonyl (C=O) groups excluding carboxylic acids is 4. The molecule has 3 aliphatic rings. The van der Waals surface area contributed by atoms with E-state index in [1.54, 1.807) is 0 Å². The fraction of sp³-hybridized carbons (Fsp3) is 0.680. The van der Waals surface area contributed by atoms with Crippen molar-refractivity contribution >= 4 is 23.9 Å². The molecule has 0 bridgehead atoms. The molecule has 0 aliphatic carbocycles. The molecule has 0 amide bonds. The number of methoxy groups -OCH3 is 1. The first-order valence-corrected chi connectivity index (χ1v) is 12.3. The van der Waals surface area contributed by atoms with E-state index in [0.717, 1.165) is 20.8 Å². The van der Waals surface area contributed by atoms with Crippen molar-refractivity contribution in [2.24, 2.45) is 11.8 Å². The highest BCUT2D eigenvalue weighted by Crippen LogP contribution is 2.39. The molecule has 0 saturated carbocycles. The van der Waals surface area contributed by atoms with Crippen molar-refractivity contribution in [2.45, 2.75) is 70.5 Å². The Labute approximate surface area is 225 Å². The topological polar surface area (TPSA) is 172 Å². The SMILES string of the molecule is C=C[C@H]1[C@H](O[C@@H]2O[C@H](CO)[C@@H](OC(C)=O)[C@H](OC(C)=O)[C@H]2OC(C)=O)OC=C(C(=O)OC)[C@H]1CC1OCCO1. The predicted molar refractivity (Wildman–Crippen MR) is 126 cm³/mol. The number of aliphatic hydroxyl groups excluding tert-OH is 1. The van der Waals surface area contributed by atoms with Gasteiger partial charge in [0.2, 0.25) is 12.6 Å². The molecule has 0 spiro atoms. The Morgan fingerprint density at radius 2 is 1.56 bits per heavy atom. The van der Waals surface area contributed by atoms with Crippen LogP contribution >= 0.6 is 0 Å². The van der Waals surface area contributed by atoms with E-state index < -0.39 is 85.6 Å². The highest BCUT2D eigenvalue weighted by molar-refractivity contribution is 5.89. The summed E-state index contributed by atoms with van der Waals surface area (Å²) in [6.45, 7) is 7.34. The number of carbonyl (C=O) groups is 4. The molecular weight excluding hydrogens is 524 g/mol. The summed E-state index contributed by atoms with van der Waals surface area (Å²) < 4.78 is 49.7. The van der Waals surface area contributed by atoms with E-state index in [1.165, 1.54) is 19.4 Å². The summed E-state index contributed by atoms with van der Waals surface area (Å²) >= 11 is 0. The smallest absolute Gasteiger partial charge is 0.337 e.